The molecule has 0 radical (unpaired) electrons. The molecular formula is C49H77N9O9S2. The highest BCUT2D eigenvalue weighted by Gasteiger charge is 2.44. The number of aliphatic hydroxyl groups excluding tert-OH is 1. The van der Waals surface area contributed by atoms with E-state index in [4.69, 9.17) is 14.2 Å². The Labute approximate surface area is 416 Å². The van der Waals surface area contributed by atoms with Gasteiger partial charge in [-0.1, -0.05) is 96.0 Å². The number of benzene rings is 1. The van der Waals surface area contributed by atoms with Gasteiger partial charge < -0.3 is 44.7 Å². The van der Waals surface area contributed by atoms with Gasteiger partial charge >= 0.3 is 6.09 Å². The van der Waals surface area contributed by atoms with Gasteiger partial charge in [-0.2, -0.15) is 0 Å². The maximum Gasteiger partial charge on any atom is 0.410 e. The van der Waals surface area contributed by atoms with Gasteiger partial charge in [0, 0.05) is 34.9 Å². The molecule has 2 aromatic heterocycles. The zero-order valence-electron chi connectivity index (χ0n) is 42.9. The zero-order valence-corrected chi connectivity index (χ0v) is 44.6. The highest BCUT2D eigenvalue weighted by atomic mass is 33.1. The van der Waals surface area contributed by atoms with Gasteiger partial charge in [-0.05, 0) is 67.7 Å². The SMILES string of the molecule is CC[C@H](C)C(C(CC(=O)N1CCCC1C(OC)C(C)C(=O)NC(C)C(O)c1ccccc1)OC)N(C)C(=O)[C@@H](NC(=O)C(C(C)C)N(C)C(=O)OCC(C)(C)SSc1nc2ncncc2[nH]1)C(C)C. The average molecular weight is 1000 g/mol. The molecule has 0 spiro atoms. The molecule has 1 fully saturated rings. The van der Waals surface area contributed by atoms with E-state index < -0.39 is 71.2 Å². The fourth-order valence-electron chi connectivity index (χ4n) is 8.98. The molecule has 10 atom stereocenters. The number of hydrogen-bond donors (Lipinski definition) is 4. The van der Waals surface area contributed by atoms with Gasteiger partial charge in [-0.3, -0.25) is 24.1 Å². The minimum atomic E-state index is -0.973. The van der Waals surface area contributed by atoms with Crippen LogP contribution in [0, 0.1) is 23.7 Å². The number of carbonyl (C=O) groups excluding carboxylic acids is 5. The van der Waals surface area contributed by atoms with Gasteiger partial charge in [0.25, 0.3) is 0 Å². The standard InChI is InChI=1S/C49H77N9O9S2/c1-15-30(6)40(36(65-13)24-37(59)58-23-19-22-35(58)42(66-14)31(7)44(61)52-32(8)41(60)33-20-17-16-18-21-33)56(11)46(63)38(28(2)3)54-45(62)39(29(4)5)57(12)48(64)67-26-49(9,10)69-68-47-53-34-25-50-27-51-43(34)55-47/h16-18,20-21,25,27-32,35-36,38-42,60H,15,19,22-24,26H2,1-14H3,(H,52,61)(H,54,62)(H,50,51,53,55)/t30-,31?,32?,35?,36?,38-,39?,40?,41?,42?/m0/s1. The number of aromatic amines is 1. The van der Waals surface area contributed by atoms with Crippen molar-refractivity contribution in [2.75, 3.05) is 41.5 Å². The van der Waals surface area contributed by atoms with Gasteiger partial charge in [0.15, 0.2) is 10.8 Å². The third-order valence-corrected chi connectivity index (χ3v) is 16.2. The topological polar surface area (TPSA) is 222 Å². The molecular weight excluding hydrogens is 923 g/mol. The van der Waals surface area contributed by atoms with Crippen molar-refractivity contribution in [3.63, 3.8) is 0 Å². The molecule has 0 aliphatic carbocycles. The first-order valence-corrected chi connectivity index (χ1v) is 26.1. The van der Waals surface area contributed by atoms with Crippen LogP contribution in [0.2, 0.25) is 0 Å². The number of likely N-dealkylation sites (N-methyl/N-ethyl adjacent to an activating group) is 2. The monoisotopic (exact) mass is 1000 g/mol. The maximum atomic E-state index is 14.7. The van der Waals surface area contributed by atoms with Crippen LogP contribution in [0.3, 0.4) is 0 Å². The number of aliphatic hydroxyl groups is 1. The van der Waals surface area contributed by atoms with Gasteiger partial charge in [0.05, 0.1) is 59.7 Å². The number of nitrogens with zero attached hydrogens (tertiary/aromatic N) is 6. The van der Waals surface area contributed by atoms with E-state index >= 15 is 0 Å². The molecule has 4 N–H and O–H groups in total. The third-order valence-electron chi connectivity index (χ3n) is 13.1. The lowest BCUT2D eigenvalue weighted by molar-refractivity contribution is -0.148. The molecule has 1 aliphatic rings. The van der Waals surface area contributed by atoms with Crippen LogP contribution in [0.25, 0.3) is 11.2 Å². The summed E-state index contributed by atoms with van der Waals surface area (Å²) in [5, 5.41) is 17.5. The van der Waals surface area contributed by atoms with Gasteiger partial charge in [0.2, 0.25) is 23.6 Å². The van der Waals surface area contributed by atoms with Crippen molar-refractivity contribution in [2.45, 2.75) is 153 Å². The summed E-state index contributed by atoms with van der Waals surface area (Å²) in [5.74, 6) is -2.79. The van der Waals surface area contributed by atoms with Gasteiger partial charge in [-0.15, -0.1) is 0 Å². The molecule has 0 bridgehead atoms. The predicted molar refractivity (Wildman–Crippen MR) is 269 cm³/mol. The molecule has 4 rings (SSSR count). The Bertz CT molecular complexity index is 2110. The van der Waals surface area contributed by atoms with Crippen molar-refractivity contribution in [1.82, 2.24) is 45.3 Å². The average Bonchev–Trinajstić information content (AvgIpc) is 3.99. The number of rotatable bonds is 25. The molecule has 0 saturated carbocycles. The van der Waals surface area contributed by atoms with Crippen LogP contribution >= 0.6 is 21.6 Å². The van der Waals surface area contributed by atoms with E-state index in [1.54, 1.807) is 49.0 Å². The Hall–Kier alpha value is -4.50. The summed E-state index contributed by atoms with van der Waals surface area (Å²) in [4.78, 5) is 90.8. The number of methoxy groups -OCH3 is 2. The normalized spacial score (nSPS) is 18.2. The molecule has 20 heteroatoms. The number of nitrogens with one attached hydrogen (secondary N) is 3. The van der Waals surface area contributed by atoms with Crippen molar-refractivity contribution in [2.24, 2.45) is 23.7 Å². The number of likely N-dealkylation sites (tertiary alicyclic amines) is 1. The van der Waals surface area contributed by atoms with Crippen molar-refractivity contribution in [1.29, 1.82) is 0 Å². The van der Waals surface area contributed by atoms with E-state index in [9.17, 15) is 29.1 Å². The van der Waals surface area contributed by atoms with Crippen LogP contribution in [0.15, 0.2) is 48.0 Å². The third kappa shape index (κ3) is 15.0. The first-order chi connectivity index (χ1) is 32.6. The van der Waals surface area contributed by atoms with E-state index in [0.29, 0.717) is 41.3 Å². The number of ether oxygens (including phenoxy) is 3. The first-order valence-electron chi connectivity index (χ1n) is 23.9. The lowest BCUT2D eigenvalue weighted by Gasteiger charge is -2.41. The molecule has 8 unspecified atom stereocenters. The fraction of sp³-hybridized carbons (Fsp3) is 0.673. The smallest absolute Gasteiger partial charge is 0.410 e. The van der Waals surface area contributed by atoms with Gasteiger partial charge in [0.1, 0.15) is 30.5 Å². The second-order valence-electron chi connectivity index (χ2n) is 19.6. The molecule has 1 aliphatic heterocycles. The summed E-state index contributed by atoms with van der Waals surface area (Å²) in [7, 11) is 9.12. The summed E-state index contributed by atoms with van der Waals surface area (Å²) in [5.41, 5.74) is 1.96. The highest BCUT2D eigenvalue weighted by molar-refractivity contribution is 8.77. The Balaban J connectivity index is 1.42. The number of fused-ring (bicyclic) bond motifs is 1. The summed E-state index contributed by atoms with van der Waals surface area (Å²) in [6, 6.07) is 5.67. The summed E-state index contributed by atoms with van der Waals surface area (Å²) in [6.07, 6.45) is 2.13. The molecule has 69 heavy (non-hydrogen) atoms. The summed E-state index contributed by atoms with van der Waals surface area (Å²) < 4.78 is 17.3. The zero-order chi connectivity index (χ0) is 51.3. The Morgan fingerprint density at radius 2 is 1.64 bits per heavy atom. The van der Waals surface area contributed by atoms with E-state index in [2.05, 4.69) is 30.6 Å². The largest absolute Gasteiger partial charge is 0.448 e. The van der Waals surface area contributed by atoms with Crippen LogP contribution in [0.4, 0.5) is 4.79 Å². The van der Waals surface area contributed by atoms with Crippen molar-refractivity contribution in [3.8, 4) is 0 Å². The van der Waals surface area contributed by atoms with Crippen LogP contribution in [-0.2, 0) is 33.4 Å². The van der Waals surface area contributed by atoms with Gasteiger partial charge in [-0.25, -0.2) is 19.7 Å². The summed E-state index contributed by atoms with van der Waals surface area (Å²) >= 11 is 0. The maximum absolute atomic E-state index is 14.7. The molecule has 384 valence electrons. The predicted octanol–water partition coefficient (Wildman–Crippen LogP) is 6.26. The first kappa shape index (κ1) is 57.1. The van der Waals surface area contributed by atoms with E-state index in [-0.39, 0.29) is 48.5 Å². The number of hydrogen-bond acceptors (Lipinski definition) is 14. The van der Waals surface area contributed by atoms with Crippen molar-refractivity contribution >= 4 is 62.5 Å². The number of amides is 5. The van der Waals surface area contributed by atoms with E-state index in [0.717, 1.165) is 6.42 Å². The van der Waals surface area contributed by atoms with Crippen LogP contribution in [-0.4, -0.2) is 158 Å². The lowest BCUT2D eigenvalue weighted by atomic mass is 9.89. The van der Waals surface area contributed by atoms with Crippen LogP contribution < -0.4 is 10.6 Å². The fourth-order valence-corrected chi connectivity index (χ4v) is 11.0. The molecule has 1 aromatic carbocycles. The Kier molecular flexibility index (Phi) is 21.6. The molecule has 18 nitrogen and oxygen atoms in total. The minimum Gasteiger partial charge on any atom is -0.448 e. The molecule has 5 amide bonds. The number of aromatic nitrogens is 4. The molecule has 1 saturated heterocycles. The lowest BCUT2D eigenvalue weighted by Crippen LogP contribution is -2.60. The van der Waals surface area contributed by atoms with E-state index in [1.807, 2.05) is 73.6 Å². The minimum absolute atomic E-state index is 0.0406. The highest BCUT2D eigenvalue weighted by Crippen LogP contribution is 2.40. The Morgan fingerprint density at radius 1 is 0.957 bits per heavy atom. The summed E-state index contributed by atoms with van der Waals surface area (Å²) in [6.45, 7) is 19.3. The number of H-pyrrole nitrogens is 1. The number of imidazole rings is 1. The van der Waals surface area contributed by atoms with Crippen molar-refractivity contribution < 1.29 is 43.3 Å². The molecule has 3 aromatic rings. The Morgan fingerprint density at radius 3 is 2.23 bits per heavy atom. The van der Waals surface area contributed by atoms with Crippen LogP contribution in [0.5, 0.6) is 0 Å². The number of carbonyl (C=O) groups is 5. The van der Waals surface area contributed by atoms with Crippen LogP contribution in [0.1, 0.15) is 107 Å². The second kappa shape index (κ2) is 26.1. The molecule has 3 heterocycles. The van der Waals surface area contributed by atoms with E-state index in [1.165, 1.54) is 54.1 Å². The van der Waals surface area contributed by atoms with Crippen molar-refractivity contribution in [3.05, 3.63) is 48.4 Å². The quantitative estimate of drug-likeness (QED) is 0.0689. The second-order valence-corrected chi connectivity index (χ2v) is 22.4.